The molecular formula is C15H21N5O. The summed E-state index contributed by atoms with van der Waals surface area (Å²) < 4.78 is 5.24. The Morgan fingerprint density at radius 3 is 2.48 bits per heavy atom. The normalized spacial score (nSPS) is 11.2. The second-order valence-electron chi connectivity index (χ2n) is 5.83. The van der Waals surface area contributed by atoms with Gasteiger partial charge < -0.3 is 21.5 Å². The first kappa shape index (κ1) is 14.9. The van der Waals surface area contributed by atoms with Crippen molar-refractivity contribution in [1.29, 1.82) is 0 Å². The molecule has 1 heterocycles. The molecular weight excluding hydrogens is 266 g/mol. The summed E-state index contributed by atoms with van der Waals surface area (Å²) in [5, 5.41) is 3.36. The van der Waals surface area contributed by atoms with E-state index >= 15 is 0 Å². The molecule has 21 heavy (non-hydrogen) atoms. The number of hydrogen-bond donors (Lipinski definition) is 3. The Bertz CT molecular complexity index is 649. The molecule has 0 saturated carbocycles. The smallest absolute Gasteiger partial charge is 0.225 e. The Labute approximate surface area is 124 Å². The van der Waals surface area contributed by atoms with Crippen LogP contribution in [-0.2, 0) is 0 Å². The molecule has 2 aromatic rings. The molecule has 6 nitrogen and oxygen atoms in total. The first-order valence-electron chi connectivity index (χ1n) is 6.65. The van der Waals surface area contributed by atoms with E-state index in [4.69, 9.17) is 16.2 Å². The van der Waals surface area contributed by atoms with Gasteiger partial charge in [-0.3, -0.25) is 0 Å². The summed E-state index contributed by atoms with van der Waals surface area (Å²) in [6, 6.07) is 5.75. The van der Waals surface area contributed by atoms with Crippen LogP contribution in [0, 0.1) is 0 Å². The molecule has 0 saturated heterocycles. The average Bonchev–Trinajstić information content (AvgIpc) is 2.39. The summed E-state index contributed by atoms with van der Waals surface area (Å²) in [5.41, 5.74) is 14.8. The van der Waals surface area contributed by atoms with Gasteiger partial charge in [-0.05, 0) is 38.5 Å². The Balaban J connectivity index is 2.41. The Morgan fingerprint density at radius 1 is 1.19 bits per heavy atom. The van der Waals surface area contributed by atoms with E-state index in [0.29, 0.717) is 11.6 Å². The Hall–Kier alpha value is -2.50. The highest BCUT2D eigenvalue weighted by molar-refractivity contribution is 5.78. The highest BCUT2D eigenvalue weighted by atomic mass is 16.5. The van der Waals surface area contributed by atoms with Crippen molar-refractivity contribution >= 4 is 17.3 Å². The molecule has 1 aromatic carbocycles. The number of anilines is 3. The van der Waals surface area contributed by atoms with Gasteiger partial charge >= 0.3 is 0 Å². The van der Waals surface area contributed by atoms with Crippen LogP contribution in [0.25, 0.3) is 11.1 Å². The average molecular weight is 287 g/mol. The lowest BCUT2D eigenvalue weighted by Crippen LogP contribution is -2.26. The van der Waals surface area contributed by atoms with Gasteiger partial charge in [0.25, 0.3) is 0 Å². The largest absolute Gasteiger partial charge is 0.480 e. The van der Waals surface area contributed by atoms with Gasteiger partial charge in [0.15, 0.2) is 0 Å². The fourth-order valence-electron chi connectivity index (χ4n) is 1.98. The van der Waals surface area contributed by atoms with Crippen LogP contribution in [0.3, 0.4) is 0 Å². The number of nitrogen functional groups attached to an aromatic ring is 2. The molecule has 1 aromatic heterocycles. The van der Waals surface area contributed by atoms with Crippen molar-refractivity contribution in [2.45, 2.75) is 26.3 Å². The van der Waals surface area contributed by atoms with Crippen LogP contribution in [0.4, 0.5) is 17.3 Å². The van der Waals surface area contributed by atoms with Crippen molar-refractivity contribution in [3.63, 3.8) is 0 Å². The quantitative estimate of drug-likeness (QED) is 0.750. The van der Waals surface area contributed by atoms with Gasteiger partial charge in [0, 0.05) is 11.7 Å². The van der Waals surface area contributed by atoms with E-state index in [2.05, 4.69) is 36.1 Å². The molecule has 0 aliphatic heterocycles. The van der Waals surface area contributed by atoms with Gasteiger partial charge in [-0.15, -0.1) is 0 Å². The molecule has 0 unspecified atom stereocenters. The molecule has 0 bridgehead atoms. The van der Waals surface area contributed by atoms with Crippen LogP contribution >= 0.6 is 0 Å². The number of hydrogen-bond acceptors (Lipinski definition) is 6. The van der Waals surface area contributed by atoms with Gasteiger partial charge in [0.2, 0.25) is 11.8 Å². The molecule has 0 atom stereocenters. The lowest BCUT2D eigenvalue weighted by Gasteiger charge is -2.23. The zero-order valence-electron chi connectivity index (χ0n) is 12.8. The summed E-state index contributed by atoms with van der Waals surface area (Å²) >= 11 is 0. The first-order valence-corrected chi connectivity index (χ1v) is 6.65. The third-order valence-electron chi connectivity index (χ3n) is 2.84. The minimum atomic E-state index is -0.0579. The van der Waals surface area contributed by atoms with Crippen LogP contribution < -0.4 is 21.5 Å². The maximum Gasteiger partial charge on any atom is 0.225 e. The summed E-state index contributed by atoms with van der Waals surface area (Å²) in [7, 11) is 1.55. The van der Waals surface area contributed by atoms with Crippen molar-refractivity contribution in [2.75, 3.05) is 23.9 Å². The lowest BCUT2D eigenvalue weighted by molar-refractivity contribution is 0.399. The predicted molar refractivity (Wildman–Crippen MR) is 86.2 cm³/mol. The standard InChI is InChI=1S/C15H21N5O/c1-15(2,3)20-12-6-5-9(7-11(12)16)10-8-18-14(17)19-13(10)21-4/h5-8,20H,16H2,1-4H3,(H2,17,18,19). The van der Waals surface area contributed by atoms with E-state index < -0.39 is 0 Å². The van der Waals surface area contributed by atoms with E-state index in [0.717, 1.165) is 16.8 Å². The molecule has 0 aliphatic rings. The van der Waals surface area contributed by atoms with Crippen LogP contribution in [0.1, 0.15) is 20.8 Å². The SMILES string of the molecule is COc1nc(N)ncc1-c1ccc(NC(C)(C)C)c(N)c1. The van der Waals surface area contributed by atoms with Crippen molar-refractivity contribution in [3.8, 4) is 17.0 Å². The second-order valence-corrected chi connectivity index (χ2v) is 5.83. The Kier molecular flexibility index (Phi) is 3.88. The zero-order valence-corrected chi connectivity index (χ0v) is 12.8. The third-order valence-corrected chi connectivity index (χ3v) is 2.84. The van der Waals surface area contributed by atoms with Crippen molar-refractivity contribution in [1.82, 2.24) is 9.97 Å². The molecule has 0 amide bonds. The van der Waals surface area contributed by atoms with Crippen molar-refractivity contribution < 1.29 is 4.74 Å². The molecule has 0 fully saturated rings. The maximum absolute atomic E-state index is 6.12. The molecule has 5 N–H and O–H groups in total. The lowest BCUT2D eigenvalue weighted by atomic mass is 10.0. The van der Waals surface area contributed by atoms with E-state index in [1.54, 1.807) is 13.3 Å². The van der Waals surface area contributed by atoms with Crippen molar-refractivity contribution in [3.05, 3.63) is 24.4 Å². The summed E-state index contributed by atoms with van der Waals surface area (Å²) in [6.07, 6.45) is 1.63. The highest BCUT2D eigenvalue weighted by Gasteiger charge is 2.14. The fraction of sp³-hybridized carbons (Fsp3) is 0.333. The zero-order chi connectivity index (χ0) is 15.6. The third kappa shape index (κ3) is 3.53. The van der Waals surface area contributed by atoms with Gasteiger partial charge in [-0.25, -0.2) is 4.98 Å². The molecule has 2 rings (SSSR count). The maximum atomic E-state index is 6.12. The summed E-state index contributed by atoms with van der Waals surface area (Å²) in [4.78, 5) is 8.07. The van der Waals surface area contributed by atoms with Gasteiger partial charge in [-0.2, -0.15) is 4.98 Å². The van der Waals surface area contributed by atoms with E-state index in [1.165, 1.54) is 0 Å². The van der Waals surface area contributed by atoms with Crippen LogP contribution in [0.2, 0.25) is 0 Å². The van der Waals surface area contributed by atoms with E-state index in [1.807, 2.05) is 18.2 Å². The number of nitrogens with zero attached hydrogens (tertiary/aromatic N) is 2. The van der Waals surface area contributed by atoms with Gasteiger partial charge in [-0.1, -0.05) is 6.07 Å². The molecule has 0 spiro atoms. The molecule has 6 heteroatoms. The number of nitrogens with one attached hydrogen (secondary N) is 1. The Morgan fingerprint density at radius 2 is 1.90 bits per heavy atom. The topological polar surface area (TPSA) is 99.1 Å². The number of ether oxygens (including phenoxy) is 1. The van der Waals surface area contributed by atoms with E-state index in [-0.39, 0.29) is 11.5 Å². The van der Waals surface area contributed by atoms with Gasteiger partial charge in [0.05, 0.1) is 24.0 Å². The highest BCUT2D eigenvalue weighted by Crippen LogP contribution is 2.32. The van der Waals surface area contributed by atoms with Crippen molar-refractivity contribution in [2.24, 2.45) is 0 Å². The number of rotatable bonds is 3. The molecule has 0 aliphatic carbocycles. The predicted octanol–water partition coefficient (Wildman–Crippen LogP) is 2.53. The monoisotopic (exact) mass is 287 g/mol. The van der Waals surface area contributed by atoms with E-state index in [9.17, 15) is 0 Å². The molecule has 112 valence electrons. The molecule has 0 radical (unpaired) electrons. The number of methoxy groups -OCH3 is 1. The minimum Gasteiger partial charge on any atom is -0.480 e. The second kappa shape index (κ2) is 5.47. The first-order chi connectivity index (χ1) is 9.80. The minimum absolute atomic E-state index is 0.0579. The van der Waals surface area contributed by atoms with Crippen LogP contribution in [0.15, 0.2) is 24.4 Å². The fourth-order valence-corrected chi connectivity index (χ4v) is 1.98. The summed E-state index contributed by atoms with van der Waals surface area (Å²) in [6.45, 7) is 6.24. The number of nitrogens with two attached hydrogens (primary N) is 2. The van der Waals surface area contributed by atoms with Crippen LogP contribution in [-0.4, -0.2) is 22.6 Å². The number of benzene rings is 1. The summed E-state index contributed by atoms with van der Waals surface area (Å²) in [5.74, 6) is 0.605. The number of aromatic nitrogens is 2. The van der Waals surface area contributed by atoms with Crippen LogP contribution in [0.5, 0.6) is 5.88 Å². The van der Waals surface area contributed by atoms with Gasteiger partial charge in [0.1, 0.15) is 0 Å².